The predicted molar refractivity (Wildman–Crippen MR) is 107 cm³/mol. The van der Waals surface area contributed by atoms with Crippen molar-refractivity contribution in [3.8, 4) is 0 Å². The van der Waals surface area contributed by atoms with Crippen molar-refractivity contribution in [3.63, 3.8) is 0 Å². The molecule has 2 aromatic carbocycles. The third-order valence-corrected chi connectivity index (χ3v) is 5.90. The molecule has 0 aromatic heterocycles. The molecule has 1 atom stereocenters. The number of nitrogens with zero attached hydrogens (tertiary/aromatic N) is 1. The fraction of sp³-hybridized carbons (Fsp3) is 0.364. The Balaban J connectivity index is 1.66. The minimum atomic E-state index is 0.106. The fourth-order valence-electron chi connectivity index (χ4n) is 3.43. The standard InChI is InChI=1S/C22H25NO2S/c1-2-19-12-6-7-14-23(19)22(25)18-11-8-13-20(15-18)26-16-21(24)17-9-4-3-5-10-17/h3-5,8-11,13,15,19H,2,6-7,12,14,16H2,1H3. The van der Waals surface area contributed by atoms with E-state index in [0.29, 0.717) is 11.8 Å². The Morgan fingerprint density at radius 3 is 2.58 bits per heavy atom. The lowest BCUT2D eigenvalue weighted by Gasteiger charge is -2.35. The summed E-state index contributed by atoms with van der Waals surface area (Å²) in [5.74, 6) is 0.603. The van der Waals surface area contributed by atoms with Crippen LogP contribution in [-0.4, -0.2) is 34.9 Å². The molecule has 1 aliphatic rings. The van der Waals surface area contributed by atoms with Gasteiger partial charge in [-0.05, 0) is 43.9 Å². The van der Waals surface area contributed by atoms with Crippen molar-refractivity contribution in [1.29, 1.82) is 0 Å². The minimum absolute atomic E-state index is 0.106. The zero-order valence-corrected chi connectivity index (χ0v) is 16.0. The zero-order valence-electron chi connectivity index (χ0n) is 15.2. The summed E-state index contributed by atoms with van der Waals surface area (Å²) in [4.78, 5) is 28.2. The van der Waals surface area contributed by atoms with Crippen LogP contribution in [0.1, 0.15) is 53.3 Å². The van der Waals surface area contributed by atoms with E-state index in [2.05, 4.69) is 6.92 Å². The highest BCUT2D eigenvalue weighted by Crippen LogP contribution is 2.25. The van der Waals surface area contributed by atoms with E-state index in [-0.39, 0.29) is 11.7 Å². The number of carbonyl (C=O) groups is 2. The summed E-state index contributed by atoms with van der Waals surface area (Å²) in [6, 6.07) is 17.4. The van der Waals surface area contributed by atoms with Gasteiger partial charge in [-0.1, -0.05) is 43.3 Å². The van der Waals surface area contributed by atoms with E-state index in [1.165, 1.54) is 18.2 Å². The number of carbonyl (C=O) groups excluding carboxylic acids is 2. The first kappa shape index (κ1) is 18.7. The average molecular weight is 368 g/mol. The molecule has 2 aromatic rings. The third-order valence-electron chi connectivity index (χ3n) is 4.91. The number of piperidine rings is 1. The molecule has 26 heavy (non-hydrogen) atoms. The van der Waals surface area contributed by atoms with E-state index in [0.717, 1.165) is 41.8 Å². The van der Waals surface area contributed by atoms with Crippen molar-refractivity contribution in [1.82, 2.24) is 4.90 Å². The van der Waals surface area contributed by atoms with Crippen LogP contribution < -0.4 is 0 Å². The maximum absolute atomic E-state index is 12.9. The van der Waals surface area contributed by atoms with Crippen molar-refractivity contribution in [2.45, 2.75) is 43.5 Å². The molecule has 0 spiro atoms. The monoisotopic (exact) mass is 367 g/mol. The summed E-state index contributed by atoms with van der Waals surface area (Å²) in [5.41, 5.74) is 1.45. The maximum atomic E-state index is 12.9. The van der Waals surface area contributed by atoms with Crippen LogP contribution in [0.15, 0.2) is 59.5 Å². The van der Waals surface area contributed by atoms with Crippen LogP contribution in [0.25, 0.3) is 0 Å². The lowest BCUT2D eigenvalue weighted by molar-refractivity contribution is 0.0607. The molecule has 136 valence electrons. The number of ketones is 1. The van der Waals surface area contributed by atoms with Gasteiger partial charge in [0.15, 0.2) is 5.78 Å². The quantitative estimate of drug-likeness (QED) is 0.529. The molecule has 0 bridgehead atoms. The highest BCUT2D eigenvalue weighted by molar-refractivity contribution is 8.00. The average Bonchev–Trinajstić information content (AvgIpc) is 2.72. The van der Waals surface area contributed by atoms with Gasteiger partial charge in [0, 0.05) is 28.6 Å². The fourth-order valence-corrected chi connectivity index (χ4v) is 4.28. The van der Waals surface area contributed by atoms with Gasteiger partial charge in [0.25, 0.3) is 5.91 Å². The number of amides is 1. The van der Waals surface area contributed by atoms with Crippen LogP contribution in [0.2, 0.25) is 0 Å². The Morgan fingerprint density at radius 1 is 1.04 bits per heavy atom. The Bertz CT molecular complexity index is 760. The molecule has 1 heterocycles. The van der Waals surface area contributed by atoms with Crippen molar-refractivity contribution >= 4 is 23.5 Å². The van der Waals surface area contributed by atoms with Crippen LogP contribution in [0.5, 0.6) is 0 Å². The molecule has 0 N–H and O–H groups in total. The number of hydrogen-bond acceptors (Lipinski definition) is 3. The summed E-state index contributed by atoms with van der Waals surface area (Å²) >= 11 is 1.49. The van der Waals surface area contributed by atoms with Gasteiger partial charge in [-0.15, -0.1) is 11.8 Å². The topological polar surface area (TPSA) is 37.4 Å². The number of likely N-dealkylation sites (tertiary alicyclic amines) is 1. The van der Waals surface area contributed by atoms with Gasteiger partial charge in [-0.2, -0.15) is 0 Å². The van der Waals surface area contributed by atoms with Gasteiger partial charge in [-0.25, -0.2) is 0 Å². The molecule has 1 unspecified atom stereocenters. The highest BCUT2D eigenvalue weighted by atomic mass is 32.2. The zero-order chi connectivity index (χ0) is 18.4. The Hall–Kier alpha value is -2.07. The van der Waals surface area contributed by atoms with Gasteiger partial charge in [0.05, 0.1) is 5.75 Å². The van der Waals surface area contributed by atoms with Crippen molar-refractivity contribution in [2.24, 2.45) is 0 Å². The van der Waals surface area contributed by atoms with Crippen molar-refractivity contribution < 1.29 is 9.59 Å². The van der Waals surface area contributed by atoms with Gasteiger partial charge in [0.1, 0.15) is 0 Å². The van der Waals surface area contributed by atoms with Crippen LogP contribution in [0, 0.1) is 0 Å². The smallest absolute Gasteiger partial charge is 0.254 e. The molecule has 3 rings (SSSR count). The number of benzene rings is 2. The molecule has 0 radical (unpaired) electrons. The van der Waals surface area contributed by atoms with E-state index in [1.54, 1.807) is 0 Å². The van der Waals surface area contributed by atoms with E-state index in [1.807, 2.05) is 59.5 Å². The van der Waals surface area contributed by atoms with Crippen LogP contribution in [0.3, 0.4) is 0 Å². The largest absolute Gasteiger partial charge is 0.336 e. The van der Waals surface area contributed by atoms with E-state index in [4.69, 9.17) is 0 Å². The molecule has 1 saturated heterocycles. The molecule has 4 heteroatoms. The molecule has 3 nitrogen and oxygen atoms in total. The van der Waals surface area contributed by atoms with Crippen LogP contribution in [-0.2, 0) is 0 Å². The van der Waals surface area contributed by atoms with Gasteiger partial charge in [0.2, 0.25) is 0 Å². The van der Waals surface area contributed by atoms with Gasteiger partial charge < -0.3 is 4.90 Å². The Kier molecular flexibility index (Phi) is 6.51. The van der Waals surface area contributed by atoms with Gasteiger partial charge >= 0.3 is 0 Å². The lowest BCUT2D eigenvalue weighted by Crippen LogP contribution is -2.43. The number of Topliss-reactive ketones (excluding diaryl/α,β-unsaturated/α-hetero) is 1. The predicted octanol–water partition coefficient (Wildman–Crippen LogP) is 5.07. The Morgan fingerprint density at radius 2 is 1.81 bits per heavy atom. The second-order valence-corrected chi connectivity index (χ2v) is 7.71. The van der Waals surface area contributed by atoms with Gasteiger partial charge in [-0.3, -0.25) is 9.59 Å². The molecule has 0 saturated carbocycles. The minimum Gasteiger partial charge on any atom is -0.336 e. The lowest BCUT2D eigenvalue weighted by atomic mass is 9.99. The normalized spacial score (nSPS) is 17.1. The van der Waals surface area contributed by atoms with E-state index in [9.17, 15) is 9.59 Å². The molecular formula is C22H25NO2S. The second kappa shape index (κ2) is 9.04. The number of rotatable bonds is 6. The first-order valence-electron chi connectivity index (χ1n) is 9.31. The van der Waals surface area contributed by atoms with Crippen LogP contribution >= 0.6 is 11.8 Å². The third kappa shape index (κ3) is 4.55. The molecule has 1 amide bonds. The number of thioether (sulfide) groups is 1. The summed E-state index contributed by atoms with van der Waals surface area (Å²) < 4.78 is 0. The SMILES string of the molecule is CCC1CCCCN1C(=O)c1cccc(SCC(=O)c2ccccc2)c1. The number of hydrogen-bond donors (Lipinski definition) is 0. The van der Waals surface area contributed by atoms with Crippen molar-refractivity contribution in [3.05, 3.63) is 65.7 Å². The molecule has 1 aliphatic heterocycles. The second-order valence-electron chi connectivity index (χ2n) is 6.66. The summed E-state index contributed by atoms with van der Waals surface area (Å²) in [5, 5.41) is 0. The first-order valence-corrected chi connectivity index (χ1v) is 10.3. The Labute approximate surface area is 159 Å². The van der Waals surface area contributed by atoms with E-state index < -0.39 is 0 Å². The first-order chi connectivity index (χ1) is 12.7. The van der Waals surface area contributed by atoms with Crippen LogP contribution in [0.4, 0.5) is 0 Å². The highest BCUT2D eigenvalue weighted by Gasteiger charge is 2.26. The molecule has 1 fully saturated rings. The molecular weight excluding hydrogens is 342 g/mol. The summed E-state index contributed by atoms with van der Waals surface area (Å²) in [6.07, 6.45) is 4.40. The summed E-state index contributed by atoms with van der Waals surface area (Å²) in [6.45, 7) is 3.00. The van der Waals surface area contributed by atoms with E-state index >= 15 is 0 Å². The molecule has 0 aliphatic carbocycles. The van der Waals surface area contributed by atoms with Crippen molar-refractivity contribution in [2.75, 3.05) is 12.3 Å². The summed E-state index contributed by atoms with van der Waals surface area (Å²) in [7, 11) is 0. The maximum Gasteiger partial charge on any atom is 0.254 e.